The molecule has 0 heterocycles. The lowest BCUT2D eigenvalue weighted by Crippen LogP contribution is -1.99. The van der Waals surface area contributed by atoms with Crippen LogP contribution in [-0.2, 0) is 16.1 Å². The number of benzene rings is 1. The van der Waals surface area contributed by atoms with Gasteiger partial charge in [0.15, 0.2) is 11.6 Å². The summed E-state index contributed by atoms with van der Waals surface area (Å²) in [6, 6.07) is 4.32. The second kappa shape index (κ2) is 4.60. The lowest BCUT2D eigenvalue weighted by Gasteiger charge is -2.05. The molecule has 1 aromatic rings. The van der Waals surface area contributed by atoms with Crippen molar-refractivity contribution in [3.8, 4) is 5.75 Å². The van der Waals surface area contributed by atoms with Gasteiger partial charge in [-0.3, -0.25) is 4.79 Å². The van der Waals surface area contributed by atoms with Crippen molar-refractivity contribution in [2.45, 2.75) is 13.5 Å². The van der Waals surface area contributed by atoms with Crippen molar-refractivity contribution in [1.29, 1.82) is 0 Å². The van der Waals surface area contributed by atoms with Gasteiger partial charge in [0.25, 0.3) is 0 Å². The smallest absolute Gasteiger partial charge is 0.302 e. The molecule has 1 aromatic carbocycles. The van der Waals surface area contributed by atoms with Crippen molar-refractivity contribution >= 4 is 5.97 Å². The van der Waals surface area contributed by atoms with Crippen LogP contribution in [0.15, 0.2) is 18.2 Å². The van der Waals surface area contributed by atoms with E-state index in [0.717, 1.165) is 0 Å². The highest BCUT2D eigenvalue weighted by molar-refractivity contribution is 5.65. The first kappa shape index (κ1) is 10.5. The van der Waals surface area contributed by atoms with Gasteiger partial charge >= 0.3 is 5.97 Å². The molecule has 4 heteroatoms. The topological polar surface area (TPSA) is 35.5 Å². The largest absolute Gasteiger partial charge is 0.494 e. The summed E-state index contributed by atoms with van der Waals surface area (Å²) in [5.41, 5.74) is 0.693. The van der Waals surface area contributed by atoms with Crippen molar-refractivity contribution in [2.24, 2.45) is 0 Å². The Morgan fingerprint density at radius 3 is 2.79 bits per heavy atom. The quantitative estimate of drug-likeness (QED) is 0.696. The molecule has 3 nitrogen and oxygen atoms in total. The van der Waals surface area contributed by atoms with Gasteiger partial charge in [-0.1, -0.05) is 6.07 Å². The summed E-state index contributed by atoms with van der Waals surface area (Å²) >= 11 is 0. The molecule has 0 saturated carbocycles. The summed E-state index contributed by atoms with van der Waals surface area (Å²) in [7, 11) is 1.38. The predicted octanol–water partition coefficient (Wildman–Crippen LogP) is 1.90. The Labute approximate surface area is 81.4 Å². The van der Waals surface area contributed by atoms with E-state index in [1.54, 1.807) is 6.07 Å². The highest BCUT2D eigenvalue weighted by Crippen LogP contribution is 2.18. The van der Waals surface area contributed by atoms with E-state index in [0.29, 0.717) is 5.56 Å². The van der Waals surface area contributed by atoms with Gasteiger partial charge in [0.1, 0.15) is 6.61 Å². The maximum atomic E-state index is 12.9. The fraction of sp³-hybridized carbons (Fsp3) is 0.300. The molecule has 0 saturated heterocycles. The van der Waals surface area contributed by atoms with E-state index < -0.39 is 5.82 Å². The van der Waals surface area contributed by atoms with Crippen LogP contribution in [0.25, 0.3) is 0 Å². The summed E-state index contributed by atoms with van der Waals surface area (Å²) < 4.78 is 22.5. The van der Waals surface area contributed by atoms with Crippen LogP contribution < -0.4 is 4.74 Å². The lowest BCUT2D eigenvalue weighted by atomic mass is 10.2. The standard InChI is InChI=1S/C10H11FO3/c1-7(12)14-6-8-3-4-9(11)10(5-8)13-2/h3-5H,6H2,1-2H3. The van der Waals surface area contributed by atoms with Crippen molar-refractivity contribution in [1.82, 2.24) is 0 Å². The van der Waals surface area contributed by atoms with Crippen LogP contribution in [0.4, 0.5) is 4.39 Å². The zero-order valence-corrected chi connectivity index (χ0v) is 8.04. The SMILES string of the molecule is COc1cc(COC(C)=O)ccc1F. The molecule has 14 heavy (non-hydrogen) atoms. The van der Waals surface area contributed by atoms with Crippen LogP contribution >= 0.6 is 0 Å². The highest BCUT2D eigenvalue weighted by atomic mass is 19.1. The van der Waals surface area contributed by atoms with Gasteiger partial charge in [-0.15, -0.1) is 0 Å². The Bertz CT molecular complexity index is 336. The van der Waals surface area contributed by atoms with Crippen LogP contribution in [-0.4, -0.2) is 13.1 Å². The molecule has 1 rings (SSSR count). The van der Waals surface area contributed by atoms with Crippen LogP contribution in [0.1, 0.15) is 12.5 Å². The second-order valence-electron chi connectivity index (χ2n) is 2.75. The molecule has 0 aromatic heterocycles. The summed E-state index contributed by atoms with van der Waals surface area (Å²) in [6.45, 7) is 1.45. The third-order valence-electron chi connectivity index (χ3n) is 1.66. The van der Waals surface area contributed by atoms with Crippen LogP contribution in [0.3, 0.4) is 0 Å². The molecule has 0 aliphatic rings. The summed E-state index contributed by atoms with van der Waals surface area (Å²) in [5, 5.41) is 0. The molecule has 0 atom stereocenters. The van der Waals surface area contributed by atoms with E-state index in [4.69, 9.17) is 9.47 Å². The van der Waals surface area contributed by atoms with Crippen molar-refractivity contribution in [2.75, 3.05) is 7.11 Å². The van der Waals surface area contributed by atoms with E-state index in [1.807, 2.05) is 0 Å². The number of esters is 1. The zero-order chi connectivity index (χ0) is 10.6. The Morgan fingerprint density at radius 2 is 2.21 bits per heavy atom. The molecule has 0 spiro atoms. The van der Waals surface area contributed by atoms with Crippen molar-refractivity contribution in [3.63, 3.8) is 0 Å². The Morgan fingerprint density at radius 1 is 1.50 bits per heavy atom. The number of carbonyl (C=O) groups is 1. The molecule has 76 valence electrons. The van der Waals surface area contributed by atoms with E-state index in [2.05, 4.69) is 0 Å². The van der Waals surface area contributed by atoms with Gasteiger partial charge < -0.3 is 9.47 Å². The Hall–Kier alpha value is -1.58. The monoisotopic (exact) mass is 198 g/mol. The molecule has 0 bridgehead atoms. The van der Waals surface area contributed by atoms with E-state index >= 15 is 0 Å². The third kappa shape index (κ3) is 2.73. The molecule has 0 unspecified atom stereocenters. The number of methoxy groups -OCH3 is 1. The Kier molecular flexibility index (Phi) is 3.45. The van der Waals surface area contributed by atoms with E-state index in [-0.39, 0.29) is 18.3 Å². The molecule has 0 N–H and O–H groups in total. The van der Waals surface area contributed by atoms with Gasteiger partial charge in [0.05, 0.1) is 7.11 Å². The second-order valence-corrected chi connectivity index (χ2v) is 2.75. The third-order valence-corrected chi connectivity index (χ3v) is 1.66. The highest BCUT2D eigenvalue weighted by Gasteiger charge is 2.04. The first-order valence-electron chi connectivity index (χ1n) is 4.09. The average Bonchev–Trinajstić information content (AvgIpc) is 2.16. The first-order chi connectivity index (χ1) is 6.63. The number of carbonyl (C=O) groups excluding carboxylic acids is 1. The van der Waals surface area contributed by atoms with Gasteiger partial charge in [-0.2, -0.15) is 0 Å². The summed E-state index contributed by atoms with van der Waals surface area (Å²) in [5.74, 6) is -0.651. The molecule has 0 aliphatic heterocycles. The fourth-order valence-electron chi connectivity index (χ4n) is 0.979. The zero-order valence-electron chi connectivity index (χ0n) is 8.04. The van der Waals surface area contributed by atoms with Gasteiger partial charge in [0, 0.05) is 6.92 Å². The van der Waals surface area contributed by atoms with Crippen molar-refractivity contribution < 1.29 is 18.7 Å². The maximum absolute atomic E-state index is 12.9. The maximum Gasteiger partial charge on any atom is 0.302 e. The first-order valence-corrected chi connectivity index (χ1v) is 4.09. The summed E-state index contributed by atoms with van der Waals surface area (Å²) in [6.07, 6.45) is 0. The van der Waals surface area contributed by atoms with Crippen LogP contribution in [0.5, 0.6) is 5.75 Å². The minimum atomic E-state index is -0.431. The van der Waals surface area contributed by atoms with Crippen molar-refractivity contribution in [3.05, 3.63) is 29.6 Å². The van der Waals surface area contributed by atoms with E-state index in [1.165, 1.54) is 26.2 Å². The number of ether oxygens (including phenoxy) is 2. The van der Waals surface area contributed by atoms with E-state index in [9.17, 15) is 9.18 Å². The van der Waals surface area contributed by atoms with Gasteiger partial charge in [-0.25, -0.2) is 4.39 Å². The molecule has 0 fully saturated rings. The number of hydrogen-bond donors (Lipinski definition) is 0. The Balaban J connectivity index is 2.74. The molecular formula is C10H11FO3. The van der Waals surface area contributed by atoms with Gasteiger partial charge in [0.2, 0.25) is 0 Å². The molecule has 0 radical (unpaired) electrons. The predicted molar refractivity (Wildman–Crippen MR) is 48.4 cm³/mol. The fourth-order valence-corrected chi connectivity index (χ4v) is 0.979. The minimum absolute atomic E-state index is 0.131. The normalized spacial score (nSPS) is 9.64. The lowest BCUT2D eigenvalue weighted by molar-refractivity contribution is -0.142. The minimum Gasteiger partial charge on any atom is -0.494 e. The molecule has 0 aliphatic carbocycles. The average molecular weight is 198 g/mol. The molecule has 0 amide bonds. The number of rotatable bonds is 3. The number of halogens is 1. The molecular weight excluding hydrogens is 187 g/mol. The number of hydrogen-bond acceptors (Lipinski definition) is 3. The van der Waals surface area contributed by atoms with Gasteiger partial charge in [-0.05, 0) is 17.7 Å². The van der Waals surface area contributed by atoms with Crippen LogP contribution in [0, 0.1) is 5.82 Å². The summed E-state index contributed by atoms with van der Waals surface area (Å²) in [4.78, 5) is 10.5. The van der Waals surface area contributed by atoms with Crippen LogP contribution in [0.2, 0.25) is 0 Å².